The standard InChI is InChI=1S/C8H8N2O/c1-6-4-7(5-11-6)8(10)2-3-9/h2,4-5H,10H2,1H3. The van der Waals surface area contributed by atoms with Crippen LogP contribution in [0.2, 0.25) is 0 Å². The van der Waals surface area contributed by atoms with Crippen molar-refractivity contribution in [2.75, 3.05) is 0 Å². The minimum absolute atomic E-state index is 0.435. The summed E-state index contributed by atoms with van der Waals surface area (Å²) in [6.45, 7) is 1.82. The molecule has 11 heavy (non-hydrogen) atoms. The van der Waals surface area contributed by atoms with Crippen LogP contribution in [0.4, 0.5) is 0 Å². The summed E-state index contributed by atoms with van der Waals surface area (Å²) in [4.78, 5) is 0. The summed E-state index contributed by atoms with van der Waals surface area (Å²) in [7, 11) is 0. The van der Waals surface area contributed by atoms with Crippen molar-refractivity contribution in [3.05, 3.63) is 29.7 Å². The number of hydrogen-bond acceptors (Lipinski definition) is 3. The molecule has 2 N–H and O–H groups in total. The third-order valence-corrected chi connectivity index (χ3v) is 1.28. The van der Waals surface area contributed by atoms with Gasteiger partial charge in [-0.05, 0) is 13.0 Å². The van der Waals surface area contributed by atoms with Crippen LogP contribution in [0.1, 0.15) is 11.3 Å². The second-order valence-corrected chi connectivity index (χ2v) is 2.17. The molecular formula is C8H8N2O. The predicted molar refractivity (Wildman–Crippen MR) is 41.2 cm³/mol. The molecule has 3 nitrogen and oxygen atoms in total. The van der Waals surface area contributed by atoms with Crippen LogP contribution in [-0.2, 0) is 0 Å². The van der Waals surface area contributed by atoms with Gasteiger partial charge in [-0.1, -0.05) is 0 Å². The number of hydrogen-bond donors (Lipinski definition) is 1. The molecule has 3 heteroatoms. The Hall–Kier alpha value is -1.69. The van der Waals surface area contributed by atoms with E-state index in [-0.39, 0.29) is 0 Å². The van der Waals surface area contributed by atoms with Crippen molar-refractivity contribution >= 4 is 5.70 Å². The normalized spacial score (nSPS) is 11.1. The molecule has 0 radical (unpaired) electrons. The van der Waals surface area contributed by atoms with Crippen LogP contribution in [0.25, 0.3) is 5.70 Å². The maximum atomic E-state index is 8.27. The fourth-order valence-corrected chi connectivity index (χ4v) is 0.748. The van der Waals surface area contributed by atoms with Crippen LogP contribution in [0, 0.1) is 18.3 Å². The summed E-state index contributed by atoms with van der Waals surface area (Å²) in [6.07, 6.45) is 2.81. The molecule has 0 spiro atoms. The zero-order valence-corrected chi connectivity index (χ0v) is 6.16. The largest absolute Gasteiger partial charge is 0.469 e. The second-order valence-electron chi connectivity index (χ2n) is 2.17. The van der Waals surface area contributed by atoms with Crippen LogP contribution in [0.5, 0.6) is 0 Å². The molecule has 0 aromatic carbocycles. The molecule has 0 unspecified atom stereocenters. The minimum Gasteiger partial charge on any atom is -0.469 e. The van der Waals surface area contributed by atoms with Gasteiger partial charge in [-0.3, -0.25) is 0 Å². The van der Waals surface area contributed by atoms with Gasteiger partial charge >= 0.3 is 0 Å². The number of furan rings is 1. The molecule has 0 amide bonds. The number of nitriles is 1. The average Bonchev–Trinajstić information content (AvgIpc) is 2.36. The van der Waals surface area contributed by atoms with E-state index in [1.54, 1.807) is 6.07 Å². The molecular weight excluding hydrogens is 140 g/mol. The highest BCUT2D eigenvalue weighted by Crippen LogP contribution is 2.11. The third-order valence-electron chi connectivity index (χ3n) is 1.28. The summed E-state index contributed by atoms with van der Waals surface area (Å²) < 4.78 is 5.00. The molecule has 0 aliphatic heterocycles. The fraction of sp³-hybridized carbons (Fsp3) is 0.125. The molecule has 0 aliphatic carbocycles. The van der Waals surface area contributed by atoms with Gasteiger partial charge in [-0.25, -0.2) is 0 Å². The Balaban J connectivity index is 2.95. The van der Waals surface area contributed by atoms with Crippen LogP contribution in [-0.4, -0.2) is 0 Å². The summed E-state index contributed by atoms with van der Waals surface area (Å²) >= 11 is 0. The lowest BCUT2D eigenvalue weighted by Gasteiger charge is -1.89. The Labute approximate surface area is 64.7 Å². The number of allylic oxidation sites excluding steroid dienone is 1. The Morgan fingerprint density at radius 1 is 1.82 bits per heavy atom. The minimum atomic E-state index is 0.435. The van der Waals surface area contributed by atoms with Gasteiger partial charge in [-0.2, -0.15) is 5.26 Å². The van der Waals surface area contributed by atoms with E-state index in [0.29, 0.717) is 5.70 Å². The van der Waals surface area contributed by atoms with Gasteiger partial charge in [0.05, 0.1) is 18.0 Å². The molecule has 0 aliphatic rings. The molecule has 1 heterocycles. The molecule has 1 aromatic heterocycles. The average molecular weight is 148 g/mol. The number of aryl methyl sites for hydroxylation is 1. The molecule has 0 saturated carbocycles. The summed E-state index contributed by atoms with van der Waals surface area (Å²) in [5, 5.41) is 8.27. The van der Waals surface area contributed by atoms with Crippen molar-refractivity contribution in [1.82, 2.24) is 0 Å². The van der Waals surface area contributed by atoms with E-state index in [0.717, 1.165) is 11.3 Å². The van der Waals surface area contributed by atoms with E-state index in [2.05, 4.69) is 0 Å². The van der Waals surface area contributed by atoms with Crippen molar-refractivity contribution < 1.29 is 4.42 Å². The molecule has 0 bridgehead atoms. The van der Waals surface area contributed by atoms with Gasteiger partial charge in [0, 0.05) is 11.6 Å². The van der Waals surface area contributed by atoms with Crippen LogP contribution < -0.4 is 5.73 Å². The number of nitrogens with zero attached hydrogens (tertiary/aromatic N) is 1. The first-order valence-electron chi connectivity index (χ1n) is 3.15. The summed E-state index contributed by atoms with van der Waals surface area (Å²) in [5.74, 6) is 0.786. The van der Waals surface area contributed by atoms with Crippen molar-refractivity contribution in [3.63, 3.8) is 0 Å². The maximum Gasteiger partial charge on any atom is 0.101 e. The van der Waals surface area contributed by atoms with Gasteiger partial charge in [0.15, 0.2) is 0 Å². The SMILES string of the molecule is Cc1cc(C(N)=CC#N)co1. The van der Waals surface area contributed by atoms with E-state index in [1.807, 2.05) is 13.0 Å². The molecule has 0 atom stereocenters. The van der Waals surface area contributed by atoms with Crippen LogP contribution >= 0.6 is 0 Å². The summed E-state index contributed by atoms with van der Waals surface area (Å²) in [6, 6.07) is 3.63. The lowest BCUT2D eigenvalue weighted by molar-refractivity contribution is 0.533. The van der Waals surface area contributed by atoms with E-state index in [9.17, 15) is 0 Å². The van der Waals surface area contributed by atoms with Gasteiger partial charge in [0.1, 0.15) is 5.76 Å². The first kappa shape index (κ1) is 7.42. The van der Waals surface area contributed by atoms with Crippen molar-refractivity contribution in [3.8, 4) is 6.07 Å². The highest BCUT2D eigenvalue weighted by Gasteiger charge is 1.98. The van der Waals surface area contributed by atoms with Gasteiger partial charge in [-0.15, -0.1) is 0 Å². The highest BCUT2D eigenvalue weighted by atomic mass is 16.3. The fourth-order valence-electron chi connectivity index (χ4n) is 0.748. The van der Waals surface area contributed by atoms with Crippen molar-refractivity contribution in [1.29, 1.82) is 5.26 Å². The quantitative estimate of drug-likeness (QED) is 0.612. The Morgan fingerprint density at radius 2 is 2.55 bits per heavy atom. The maximum absolute atomic E-state index is 8.27. The van der Waals surface area contributed by atoms with Gasteiger partial charge < -0.3 is 10.2 Å². The number of rotatable bonds is 1. The monoisotopic (exact) mass is 148 g/mol. The third kappa shape index (κ3) is 1.62. The predicted octanol–water partition coefficient (Wildman–Crippen LogP) is 1.41. The zero-order valence-electron chi connectivity index (χ0n) is 6.16. The first-order chi connectivity index (χ1) is 5.24. The topological polar surface area (TPSA) is 63.0 Å². The zero-order chi connectivity index (χ0) is 8.27. The second kappa shape index (κ2) is 2.93. The molecule has 56 valence electrons. The van der Waals surface area contributed by atoms with E-state index in [4.69, 9.17) is 15.4 Å². The molecule has 1 rings (SSSR count). The van der Waals surface area contributed by atoms with Gasteiger partial charge in [0.2, 0.25) is 0 Å². The Morgan fingerprint density at radius 3 is 3.00 bits per heavy atom. The lowest BCUT2D eigenvalue weighted by Crippen LogP contribution is -1.92. The highest BCUT2D eigenvalue weighted by molar-refractivity contribution is 5.64. The first-order valence-corrected chi connectivity index (χ1v) is 3.15. The Kier molecular flexibility index (Phi) is 1.98. The summed E-state index contributed by atoms with van der Waals surface area (Å²) in [5.41, 5.74) is 6.69. The van der Waals surface area contributed by atoms with Crippen molar-refractivity contribution in [2.45, 2.75) is 6.92 Å². The molecule has 0 fully saturated rings. The van der Waals surface area contributed by atoms with Crippen LogP contribution in [0.15, 0.2) is 22.8 Å². The molecule has 1 aromatic rings. The number of nitrogens with two attached hydrogens (primary N) is 1. The van der Waals surface area contributed by atoms with Crippen molar-refractivity contribution in [2.24, 2.45) is 5.73 Å². The van der Waals surface area contributed by atoms with Gasteiger partial charge in [0.25, 0.3) is 0 Å². The molecule has 0 saturated heterocycles. The van der Waals surface area contributed by atoms with Crippen LogP contribution in [0.3, 0.4) is 0 Å². The van der Waals surface area contributed by atoms with E-state index < -0.39 is 0 Å². The Bertz CT molecular complexity index is 317. The van der Waals surface area contributed by atoms with E-state index in [1.165, 1.54) is 12.3 Å². The lowest BCUT2D eigenvalue weighted by atomic mass is 10.2. The smallest absolute Gasteiger partial charge is 0.101 e. The van der Waals surface area contributed by atoms with E-state index >= 15 is 0 Å².